The number of anilines is 2. The number of rotatable bonds is 5. The second-order valence-electron chi connectivity index (χ2n) is 8.01. The first-order valence-corrected chi connectivity index (χ1v) is 11.7. The van der Waals surface area contributed by atoms with Crippen LogP contribution in [0.1, 0.15) is 40.7 Å². The number of carbonyl (C=O) groups excluding carboxylic acids is 2. The summed E-state index contributed by atoms with van der Waals surface area (Å²) in [5.41, 5.74) is 4.67. The van der Waals surface area contributed by atoms with E-state index in [1.165, 1.54) is 11.3 Å². The minimum atomic E-state index is -0.137. The molecular formula is C25H24N4O2S. The molecule has 3 heterocycles. The van der Waals surface area contributed by atoms with Crippen LogP contribution < -0.4 is 10.2 Å². The summed E-state index contributed by atoms with van der Waals surface area (Å²) in [5.74, 6) is 0.0261. The van der Waals surface area contributed by atoms with Gasteiger partial charge >= 0.3 is 0 Å². The van der Waals surface area contributed by atoms with Gasteiger partial charge in [0.15, 0.2) is 0 Å². The van der Waals surface area contributed by atoms with E-state index < -0.39 is 0 Å². The monoisotopic (exact) mass is 444 g/mol. The van der Waals surface area contributed by atoms with Gasteiger partial charge in [-0.15, -0.1) is 11.3 Å². The topological polar surface area (TPSA) is 67.2 Å². The highest BCUT2D eigenvalue weighted by molar-refractivity contribution is 7.20. The average molecular weight is 445 g/mol. The first-order chi connectivity index (χ1) is 15.5. The van der Waals surface area contributed by atoms with Crippen LogP contribution >= 0.6 is 11.3 Å². The Morgan fingerprint density at radius 1 is 1.12 bits per heavy atom. The number of amides is 2. The van der Waals surface area contributed by atoms with Gasteiger partial charge in [0.1, 0.15) is 4.83 Å². The quantitative estimate of drug-likeness (QED) is 0.452. The number of nitrogens with zero attached hydrogens (tertiary/aromatic N) is 3. The van der Waals surface area contributed by atoms with Crippen LogP contribution in [0.25, 0.3) is 15.9 Å². The Bertz CT molecular complexity index is 1320. The largest absolute Gasteiger partial charge is 0.321 e. The lowest BCUT2D eigenvalue weighted by atomic mass is 10.1. The predicted molar refractivity (Wildman–Crippen MR) is 129 cm³/mol. The Morgan fingerprint density at radius 3 is 2.72 bits per heavy atom. The SMILES string of the molecule is CCCC(=O)N1CCc2cc(NC(=O)c3cc4c(C)nn(-c5ccccc5)c4s3)ccc21. The van der Waals surface area contributed by atoms with Crippen molar-refractivity contribution in [3.8, 4) is 5.69 Å². The molecule has 32 heavy (non-hydrogen) atoms. The van der Waals surface area contributed by atoms with Crippen molar-refractivity contribution in [1.29, 1.82) is 0 Å². The number of para-hydroxylation sites is 1. The Labute approximate surface area is 190 Å². The smallest absolute Gasteiger partial charge is 0.265 e. The molecule has 0 spiro atoms. The molecule has 0 fully saturated rings. The van der Waals surface area contributed by atoms with Crippen LogP contribution in [0.4, 0.5) is 11.4 Å². The predicted octanol–water partition coefficient (Wildman–Crippen LogP) is 5.34. The van der Waals surface area contributed by atoms with Gasteiger partial charge in [-0.3, -0.25) is 9.59 Å². The second kappa shape index (κ2) is 8.24. The molecule has 0 bridgehead atoms. The van der Waals surface area contributed by atoms with E-state index in [1.807, 2.05) is 78.0 Å². The average Bonchev–Trinajstić information content (AvgIpc) is 3.49. The van der Waals surface area contributed by atoms with E-state index in [0.29, 0.717) is 17.8 Å². The normalized spacial score (nSPS) is 12.9. The molecular weight excluding hydrogens is 420 g/mol. The molecule has 1 aliphatic heterocycles. The van der Waals surface area contributed by atoms with E-state index in [9.17, 15) is 9.59 Å². The standard InChI is InChI=1S/C25H24N4O2S/c1-3-7-23(30)28-13-12-17-14-18(10-11-21(17)28)26-24(31)22-15-20-16(2)27-29(25(20)32-22)19-8-5-4-6-9-19/h4-6,8-11,14-15H,3,7,12-13H2,1-2H3,(H,26,31). The lowest BCUT2D eigenvalue weighted by Gasteiger charge is -2.17. The molecule has 0 unspecified atom stereocenters. The third-order valence-electron chi connectivity index (χ3n) is 5.77. The highest BCUT2D eigenvalue weighted by Crippen LogP contribution is 2.33. The van der Waals surface area contributed by atoms with Crippen LogP contribution in [0, 0.1) is 6.92 Å². The fourth-order valence-electron chi connectivity index (χ4n) is 4.18. The molecule has 2 aromatic heterocycles. The Balaban J connectivity index is 1.38. The number of nitrogens with one attached hydrogen (secondary N) is 1. The number of hydrogen-bond donors (Lipinski definition) is 1. The molecule has 0 saturated carbocycles. The molecule has 0 radical (unpaired) electrons. The van der Waals surface area contributed by atoms with E-state index in [-0.39, 0.29) is 11.8 Å². The summed E-state index contributed by atoms with van der Waals surface area (Å²) in [6, 6.07) is 17.6. The lowest BCUT2D eigenvalue weighted by Crippen LogP contribution is -2.28. The molecule has 162 valence electrons. The third-order valence-corrected chi connectivity index (χ3v) is 6.88. The zero-order chi connectivity index (χ0) is 22.2. The van der Waals surface area contributed by atoms with Gasteiger partial charge in [-0.05, 0) is 61.7 Å². The van der Waals surface area contributed by atoms with Gasteiger partial charge in [0, 0.05) is 29.7 Å². The number of aromatic nitrogens is 2. The van der Waals surface area contributed by atoms with Crippen molar-refractivity contribution >= 4 is 44.7 Å². The number of hydrogen-bond acceptors (Lipinski definition) is 4. The minimum Gasteiger partial charge on any atom is -0.321 e. The maximum Gasteiger partial charge on any atom is 0.265 e. The molecule has 2 aromatic carbocycles. The van der Waals surface area contributed by atoms with Crippen molar-refractivity contribution in [3.05, 3.63) is 70.7 Å². The van der Waals surface area contributed by atoms with Gasteiger partial charge in [0.05, 0.1) is 16.3 Å². The number of fused-ring (bicyclic) bond motifs is 2. The molecule has 7 heteroatoms. The highest BCUT2D eigenvalue weighted by atomic mass is 32.1. The summed E-state index contributed by atoms with van der Waals surface area (Å²) >= 11 is 1.44. The second-order valence-corrected chi connectivity index (χ2v) is 9.04. The van der Waals surface area contributed by atoms with Crippen LogP contribution in [-0.2, 0) is 11.2 Å². The van der Waals surface area contributed by atoms with Gasteiger partial charge in [0.25, 0.3) is 5.91 Å². The van der Waals surface area contributed by atoms with E-state index in [0.717, 1.165) is 51.4 Å². The number of benzene rings is 2. The number of aryl methyl sites for hydroxylation is 1. The summed E-state index contributed by atoms with van der Waals surface area (Å²) in [5, 5.41) is 8.66. The van der Waals surface area contributed by atoms with Crippen molar-refractivity contribution in [2.24, 2.45) is 0 Å². The summed E-state index contributed by atoms with van der Waals surface area (Å²) in [7, 11) is 0. The van der Waals surface area contributed by atoms with Crippen LogP contribution in [-0.4, -0.2) is 28.1 Å². The zero-order valence-corrected chi connectivity index (χ0v) is 18.9. The Hall–Kier alpha value is -3.45. The van der Waals surface area contributed by atoms with Gasteiger partial charge in [-0.1, -0.05) is 25.1 Å². The molecule has 2 amide bonds. The Kier molecular flexibility index (Phi) is 5.27. The highest BCUT2D eigenvalue weighted by Gasteiger charge is 2.24. The van der Waals surface area contributed by atoms with Crippen LogP contribution in [0.15, 0.2) is 54.6 Å². The van der Waals surface area contributed by atoms with Gasteiger partial charge < -0.3 is 10.2 Å². The van der Waals surface area contributed by atoms with E-state index in [2.05, 4.69) is 10.4 Å². The van der Waals surface area contributed by atoms with E-state index >= 15 is 0 Å². The van der Waals surface area contributed by atoms with E-state index in [4.69, 9.17) is 0 Å². The maximum atomic E-state index is 13.0. The maximum absolute atomic E-state index is 13.0. The fourth-order valence-corrected chi connectivity index (χ4v) is 5.26. The summed E-state index contributed by atoms with van der Waals surface area (Å²) in [6.45, 7) is 4.68. The van der Waals surface area contributed by atoms with Gasteiger partial charge in [-0.25, -0.2) is 4.68 Å². The molecule has 0 aliphatic carbocycles. The van der Waals surface area contributed by atoms with Gasteiger partial charge in [0.2, 0.25) is 5.91 Å². The van der Waals surface area contributed by atoms with Crippen molar-refractivity contribution < 1.29 is 9.59 Å². The number of thiophene rings is 1. The molecule has 0 atom stereocenters. The lowest BCUT2D eigenvalue weighted by molar-refractivity contribution is -0.118. The van der Waals surface area contributed by atoms with Crippen LogP contribution in [0.3, 0.4) is 0 Å². The third kappa shape index (κ3) is 3.58. The number of carbonyl (C=O) groups is 2. The van der Waals surface area contributed by atoms with Crippen LogP contribution in [0.2, 0.25) is 0 Å². The first-order valence-electron chi connectivity index (χ1n) is 10.8. The van der Waals surface area contributed by atoms with Crippen molar-refractivity contribution in [2.75, 3.05) is 16.8 Å². The van der Waals surface area contributed by atoms with Gasteiger partial charge in [-0.2, -0.15) is 5.10 Å². The molecule has 4 aromatic rings. The van der Waals surface area contributed by atoms with Crippen molar-refractivity contribution in [3.63, 3.8) is 0 Å². The molecule has 1 N–H and O–H groups in total. The van der Waals surface area contributed by atoms with Crippen molar-refractivity contribution in [2.45, 2.75) is 33.1 Å². The molecule has 6 nitrogen and oxygen atoms in total. The Morgan fingerprint density at radius 2 is 1.94 bits per heavy atom. The first kappa shape index (κ1) is 20.5. The minimum absolute atomic E-state index is 0.137. The van der Waals surface area contributed by atoms with Crippen molar-refractivity contribution in [1.82, 2.24) is 9.78 Å². The molecule has 1 aliphatic rings. The summed E-state index contributed by atoms with van der Waals surface area (Å²) in [6.07, 6.45) is 2.21. The fraction of sp³-hybridized carbons (Fsp3) is 0.240. The zero-order valence-electron chi connectivity index (χ0n) is 18.1. The van der Waals surface area contributed by atoms with Crippen LogP contribution in [0.5, 0.6) is 0 Å². The molecule has 5 rings (SSSR count). The summed E-state index contributed by atoms with van der Waals surface area (Å²) in [4.78, 5) is 28.8. The molecule has 0 saturated heterocycles. The van der Waals surface area contributed by atoms with E-state index in [1.54, 1.807) is 0 Å². The summed E-state index contributed by atoms with van der Waals surface area (Å²) < 4.78 is 1.89.